The Bertz CT molecular complexity index is 1440. The molecule has 0 N–H and O–H groups in total. The van der Waals surface area contributed by atoms with Crippen molar-refractivity contribution in [1.29, 1.82) is 0 Å². The van der Waals surface area contributed by atoms with Gasteiger partial charge in [-0.05, 0) is 24.3 Å². The molecule has 0 spiro atoms. The van der Waals surface area contributed by atoms with E-state index in [-0.39, 0.29) is 5.63 Å². The van der Waals surface area contributed by atoms with Gasteiger partial charge in [0.05, 0.1) is 5.22 Å². The Hall–Kier alpha value is -3.99. The molecule has 3 heterocycles. The zero-order valence-electron chi connectivity index (χ0n) is 16.3. The number of pyridine rings is 1. The Balaban J connectivity index is 2.07. The molecule has 5 nitrogen and oxygen atoms in total. The first-order chi connectivity index (χ1) is 14.8. The minimum atomic E-state index is -0.380. The molecule has 30 heavy (non-hydrogen) atoms. The van der Waals surface area contributed by atoms with Crippen LogP contribution in [0.4, 0.5) is 0 Å². The highest BCUT2D eigenvalue weighted by Gasteiger charge is 2.24. The lowest BCUT2D eigenvalue weighted by Crippen LogP contribution is -2.41. The molecule has 146 valence electrons. The molecule has 0 saturated carbocycles. The van der Waals surface area contributed by atoms with E-state index in [0.29, 0.717) is 28.9 Å². The van der Waals surface area contributed by atoms with Crippen LogP contribution >= 0.6 is 0 Å². The van der Waals surface area contributed by atoms with Crippen molar-refractivity contribution in [2.24, 2.45) is 4.99 Å². The van der Waals surface area contributed by atoms with Gasteiger partial charge in [0, 0.05) is 53.2 Å². The van der Waals surface area contributed by atoms with Gasteiger partial charge in [-0.2, -0.15) is 0 Å². The zero-order chi connectivity index (χ0) is 20.5. The van der Waals surface area contributed by atoms with Crippen LogP contribution in [-0.4, -0.2) is 18.2 Å². The average Bonchev–Trinajstić information content (AvgIpc) is 2.78. The molecule has 0 amide bonds. The van der Waals surface area contributed by atoms with Gasteiger partial charge in [-0.15, -0.1) is 0 Å². The Labute approximate surface area is 172 Å². The molecule has 2 aromatic heterocycles. The van der Waals surface area contributed by atoms with Gasteiger partial charge in [0.2, 0.25) is 5.88 Å². The van der Waals surface area contributed by atoms with E-state index in [0.717, 1.165) is 27.3 Å². The van der Waals surface area contributed by atoms with E-state index in [1.165, 1.54) is 0 Å². The van der Waals surface area contributed by atoms with E-state index in [2.05, 4.69) is 9.98 Å². The Morgan fingerprint density at radius 2 is 1.80 bits per heavy atom. The molecule has 1 aliphatic heterocycles. The molecule has 4 aromatic rings. The van der Waals surface area contributed by atoms with Crippen LogP contribution in [0.25, 0.3) is 22.6 Å². The maximum atomic E-state index is 13.0. The van der Waals surface area contributed by atoms with Crippen LogP contribution in [-0.2, 0) is 0 Å². The van der Waals surface area contributed by atoms with E-state index >= 15 is 0 Å². The first-order valence-electron chi connectivity index (χ1n) is 9.67. The third-order valence-electron chi connectivity index (χ3n) is 5.11. The monoisotopic (exact) mass is 394 g/mol. The largest absolute Gasteiger partial charge is 0.438 e. The van der Waals surface area contributed by atoms with Crippen molar-refractivity contribution in [3.63, 3.8) is 0 Å². The third kappa shape index (κ3) is 2.92. The van der Waals surface area contributed by atoms with Crippen LogP contribution in [0, 0.1) is 0 Å². The number of aliphatic imine (C=N–C) groups is 1. The van der Waals surface area contributed by atoms with Gasteiger partial charge in [0.15, 0.2) is 0 Å². The highest BCUT2D eigenvalue weighted by atomic mass is 16.5. The number of fused-ring (bicyclic) bond motifs is 3. The van der Waals surface area contributed by atoms with Crippen LogP contribution < -0.4 is 20.8 Å². The fourth-order valence-electron chi connectivity index (χ4n) is 3.84. The summed E-state index contributed by atoms with van der Waals surface area (Å²) in [5, 5.41) is 2.18. The van der Waals surface area contributed by atoms with Crippen LogP contribution in [0.5, 0.6) is 11.6 Å². The normalized spacial score (nSPS) is 15.2. The van der Waals surface area contributed by atoms with E-state index in [4.69, 9.17) is 9.15 Å². The summed E-state index contributed by atoms with van der Waals surface area (Å²) in [6, 6.07) is 19.2. The van der Waals surface area contributed by atoms with Gasteiger partial charge in [0.1, 0.15) is 11.3 Å². The predicted octanol–water partition coefficient (Wildman–Crippen LogP) is 3.41. The first-order valence-corrected chi connectivity index (χ1v) is 9.67. The fourth-order valence-corrected chi connectivity index (χ4v) is 3.84. The number of hydrogen-bond donors (Lipinski definition) is 0. The molecule has 1 aliphatic rings. The number of benzene rings is 2. The topological polar surface area (TPSA) is 64.7 Å². The highest BCUT2D eigenvalue weighted by Crippen LogP contribution is 2.40. The second-order valence-corrected chi connectivity index (χ2v) is 6.88. The van der Waals surface area contributed by atoms with Crippen LogP contribution in [0.2, 0.25) is 0 Å². The quantitative estimate of drug-likeness (QED) is 0.340. The minimum Gasteiger partial charge on any atom is -0.438 e. The Kier molecular flexibility index (Phi) is 4.48. The van der Waals surface area contributed by atoms with Gasteiger partial charge in [0.25, 0.3) is 0 Å². The average molecular weight is 394 g/mol. The Morgan fingerprint density at radius 1 is 1.00 bits per heavy atom. The summed E-state index contributed by atoms with van der Waals surface area (Å²) in [6.07, 6.45) is 5.85. The summed E-state index contributed by atoms with van der Waals surface area (Å²) in [5.74, 6) is 1.22. The summed E-state index contributed by atoms with van der Waals surface area (Å²) in [5.41, 5.74) is 2.82. The van der Waals surface area contributed by atoms with Crippen LogP contribution in [0.3, 0.4) is 0 Å². The molecule has 2 aromatic carbocycles. The number of para-hydroxylation sites is 2. The third-order valence-corrected chi connectivity index (χ3v) is 5.11. The molecule has 0 unspecified atom stereocenters. The number of nitrogens with zero attached hydrogens (tertiary/aromatic N) is 2. The van der Waals surface area contributed by atoms with Gasteiger partial charge in [-0.25, -0.2) is 9.78 Å². The summed E-state index contributed by atoms with van der Waals surface area (Å²) in [4.78, 5) is 21.5. The standard InChI is InChI=1S/C25H18N2O3/c1-26-14-6-11-19-23(17-9-3-5-13-21(17)30-25(19)28)22-16-8-2-4-12-20(16)29-24-18(22)10-7-15-27-24/h2-5,7-15H,6H2,1H3/b19-11-,23-22-,26-14?. The molecule has 0 saturated heterocycles. The van der Waals surface area contributed by atoms with Gasteiger partial charge < -0.3 is 14.1 Å². The molecule has 0 fully saturated rings. The SMILES string of the molecule is CN=CC/C=c1\c(=O)oc2ccccc2\c1=C1/c2ccccc2Oc2ncccc21. The summed E-state index contributed by atoms with van der Waals surface area (Å²) < 4.78 is 11.7. The number of aromatic nitrogens is 1. The minimum absolute atomic E-state index is 0.380. The predicted molar refractivity (Wildman–Crippen MR) is 118 cm³/mol. The molecule has 5 heteroatoms. The molecule has 5 rings (SSSR count). The lowest BCUT2D eigenvalue weighted by molar-refractivity contribution is 0.454. The van der Waals surface area contributed by atoms with E-state index < -0.39 is 0 Å². The molecule has 0 radical (unpaired) electrons. The maximum absolute atomic E-state index is 13.0. The molecule has 0 atom stereocenters. The lowest BCUT2D eigenvalue weighted by atomic mass is 9.92. The van der Waals surface area contributed by atoms with Crippen LogP contribution in [0.15, 0.2) is 81.1 Å². The van der Waals surface area contributed by atoms with Crippen molar-refractivity contribution in [3.8, 4) is 11.6 Å². The number of ether oxygens (including phenoxy) is 1. The lowest BCUT2D eigenvalue weighted by Gasteiger charge is -2.22. The van der Waals surface area contributed by atoms with Crippen molar-refractivity contribution < 1.29 is 9.15 Å². The van der Waals surface area contributed by atoms with Crippen LogP contribution in [0.1, 0.15) is 17.5 Å². The summed E-state index contributed by atoms with van der Waals surface area (Å²) in [6.45, 7) is 0. The fraction of sp³-hybridized carbons (Fsp3) is 0.0800. The van der Waals surface area contributed by atoms with Gasteiger partial charge in [-0.1, -0.05) is 42.5 Å². The van der Waals surface area contributed by atoms with E-state index in [1.807, 2.05) is 66.7 Å². The maximum Gasteiger partial charge on any atom is 0.343 e. The van der Waals surface area contributed by atoms with Gasteiger partial charge in [-0.3, -0.25) is 0 Å². The van der Waals surface area contributed by atoms with Crippen molar-refractivity contribution in [2.45, 2.75) is 6.42 Å². The number of hydrogen-bond acceptors (Lipinski definition) is 5. The zero-order valence-corrected chi connectivity index (χ0v) is 16.3. The second-order valence-electron chi connectivity index (χ2n) is 6.88. The molecular formula is C25H18N2O3. The second kappa shape index (κ2) is 7.44. The summed E-state index contributed by atoms with van der Waals surface area (Å²) in [7, 11) is 1.71. The van der Waals surface area contributed by atoms with Crippen molar-refractivity contribution in [1.82, 2.24) is 4.98 Å². The molecular weight excluding hydrogens is 376 g/mol. The number of rotatable bonds is 2. The molecule has 0 bridgehead atoms. The first kappa shape index (κ1) is 18.1. The highest BCUT2D eigenvalue weighted by molar-refractivity contribution is 5.92. The van der Waals surface area contributed by atoms with Crippen molar-refractivity contribution >= 4 is 28.8 Å². The van der Waals surface area contributed by atoms with Crippen molar-refractivity contribution in [2.75, 3.05) is 7.05 Å². The van der Waals surface area contributed by atoms with E-state index in [9.17, 15) is 4.79 Å². The Morgan fingerprint density at radius 3 is 2.70 bits per heavy atom. The van der Waals surface area contributed by atoms with E-state index in [1.54, 1.807) is 19.5 Å². The summed E-state index contributed by atoms with van der Waals surface area (Å²) >= 11 is 0. The smallest absolute Gasteiger partial charge is 0.343 e. The molecule has 0 aliphatic carbocycles. The van der Waals surface area contributed by atoms with Gasteiger partial charge >= 0.3 is 5.63 Å². The van der Waals surface area contributed by atoms with Crippen molar-refractivity contribution in [3.05, 3.63) is 98.8 Å².